The standard InChI is InChI=1S/C11H9NOS/c1-7-6-14-11-4-8(2-3-12)10(13)5-9(7)11/h4-6,13H,2H2,1H3. The highest BCUT2D eigenvalue weighted by atomic mass is 32.1. The minimum atomic E-state index is 0.223. The van der Waals surface area contributed by atoms with E-state index >= 15 is 0 Å². The molecule has 0 unspecified atom stereocenters. The monoisotopic (exact) mass is 203 g/mol. The van der Waals surface area contributed by atoms with Gasteiger partial charge in [0.05, 0.1) is 12.5 Å². The summed E-state index contributed by atoms with van der Waals surface area (Å²) in [7, 11) is 0. The van der Waals surface area contributed by atoms with E-state index in [1.54, 1.807) is 17.4 Å². The van der Waals surface area contributed by atoms with Gasteiger partial charge in [-0.3, -0.25) is 0 Å². The minimum absolute atomic E-state index is 0.223. The number of thiophene rings is 1. The van der Waals surface area contributed by atoms with Crippen LogP contribution in [0.5, 0.6) is 5.75 Å². The molecule has 1 aromatic carbocycles. The molecule has 14 heavy (non-hydrogen) atoms. The van der Waals surface area contributed by atoms with Crippen LogP contribution in [-0.2, 0) is 6.42 Å². The molecule has 2 rings (SSSR count). The van der Waals surface area contributed by atoms with E-state index in [1.807, 2.05) is 19.1 Å². The summed E-state index contributed by atoms with van der Waals surface area (Å²) in [5.41, 5.74) is 1.88. The Balaban J connectivity index is 2.67. The van der Waals surface area contributed by atoms with Crippen LogP contribution in [0, 0.1) is 18.3 Å². The predicted molar refractivity (Wildman–Crippen MR) is 57.5 cm³/mol. The lowest BCUT2D eigenvalue weighted by Gasteiger charge is -2.00. The minimum Gasteiger partial charge on any atom is -0.508 e. The molecule has 0 fully saturated rings. The average Bonchev–Trinajstić information content (AvgIpc) is 2.50. The van der Waals surface area contributed by atoms with E-state index in [9.17, 15) is 5.11 Å². The number of benzene rings is 1. The van der Waals surface area contributed by atoms with Crippen molar-refractivity contribution in [1.29, 1.82) is 5.26 Å². The lowest BCUT2D eigenvalue weighted by Crippen LogP contribution is -1.82. The highest BCUT2D eigenvalue weighted by molar-refractivity contribution is 7.17. The zero-order valence-electron chi connectivity index (χ0n) is 7.74. The van der Waals surface area contributed by atoms with Gasteiger partial charge in [0.1, 0.15) is 5.75 Å². The molecule has 70 valence electrons. The quantitative estimate of drug-likeness (QED) is 0.774. The van der Waals surface area contributed by atoms with E-state index in [0.29, 0.717) is 5.56 Å². The van der Waals surface area contributed by atoms with E-state index in [2.05, 4.69) is 5.38 Å². The topological polar surface area (TPSA) is 44.0 Å². The fourth-order valence-electron chi connectivity index (χ4n) is 1.46. The van der Waals surface area contributed by atoms with Gasteiger partial charge in [-0.2, -0.15) is 5.26 Å². The van der Waals surface area contributed by atoms with E-state index in [4.69, 9.17) is 5.26 Å². The van der Waals surface area contributed by atoms with Crippen LogP contribution in [0.25, 0.3) is 10.1 Å². The van der Waals surface area contributed by atoms with Crippen LogP contribution >= 0.6 is 11.3 Å². The third-order valence-corrected chi connectivity index (χ3v) is 3.30. The molecule has 1 N–H and O–H groups in total. The Bertz CT molecular complexity index is 522. The van der Waals surface area contributed by atoms with E-state index in [1.165, 1.54) is 5.56 Å². The van der Waals surface area contributed by atoms with Crippen molar-refractivity contribution >= 4 is 21.4 Å². The molecule has 0 atom stereocenters. The molecule has 1 aromatic heterocycles. The first-order valence-electron chi connectivity index (χ1n) is 4.29. The van der Waals surface area contributed by atoms with Gasteiger partial charge < -0.3 is 5.11 Å². The second kappa shape index (κ2) is 3.32. The van der Waals surface area contributed by atoms with Crippen LogP contribution in [0.2, 0.25) is 0 Å². The van der Waals surface area contributed by atoms with Crippen LogP contribution in [0.3, 0.4) is 0 Å². The van der Waals surface area contributed by atoms with Crippen molar-refractivity contribution in [1.82, 2.24) is 0 Å². The van der Waals surface area contributed by atoms with Crippen LogP contribution in [-0.4, -0.2) is 5.11 Å². The number of hydrogen-bond acceptors (Lipinski definition) is 3. The third kappa shape index (κ3) is 1.34. The smallest absolute Gasteiger partial charge is 0.120 e. The van der Waals surface area contributed by atoms with E-state index in [-0.39, 0.29) is 12.2 Å². The second-order valence-corrected chi connectivity index (χ2v) is 4.14. The highest BCUT2D eigenvalue weighted by Crippen LogP contribution is 2.31. The fourth-order valence-corrected chi connectivity index (χ4v) is 2.45. The van der Waals surface area contributed by atoms with Crippen molar-refractivity contribution in [3.05, 3.63) is 28.6 Å². The molecular formula is C11H9NOS. The first-order chi connectivity index (χ1) is 6.72. The number of fused-ring (bicyclic) bond motifs is 1. The Labute approximate surface area is 86.0 Å². The molecule has 0 bridgehead atoms. The SMILES string of the molecule is Cc1csc2cc(CC#N)c(O)cc12. The van der Waals surface area contributed by atoms with Gasteiger partial charge in [0, 0.05) is 10.3 Å². The zero-order chi connectivity index (χ0) is 10.1. The van der Waals surface area contributed by atoms with Gasteiger partial charge in [0.2, 0.25) is 0 Å². The summed E-state index contributed by atoms with van der Waals surface area (Å²) in [6.07, 6.45) is 0.263. The summed E-state index contributed by atoms with van der Waals surface area (Å²) in [4.78, 5) is 0. The van der Waals surface area contributed by atoms with Crippen molar-refractivity contribution < 1.29 is 5.11 Å². The molecule has 0 saturated carbocycles. The summed E-state index contributed by atoms with van der Waals surface area (Å²) in [5, 5.41) is 21.3. The Morgan fingerprint density at radius 1 is 1.50 bits per heavy atom. The summed E-state index contributed by atoms with van der Waals surface area (Å²) in [5.74, 6) is 0.223. The van der Waals surface area contributed by atoms with Gasteiger partial charge in [-0.1, -0.05) is 0 Å². The van der Waals surface area contributed by atoms with E-state index < -0.39 is 0 Å². The van der Waals surface area contributed by atoms with Gasteiger partial charge in [0.15, 0.2) is 0 Å². The molecule has 1 heterocycles. The Morgan fingerprint density at radius 3 is 3.00 bits per heavy atom. The Kier molecular flexibility index (Phi) is 2.14. The molecule has 0 saturated heterocycles. The Hall–Kier alpha value is -1.53. The normalized spacial score (nSPS) is 10.3. The molecule has 0 aliphatic rings. The Morgan fingerprint density at radius 2 is 2.29 bits per heavy atom. The van der Waals surface area contributed by atoms with Crippen molar-refractivity contribution in [3.8, 4) is 11.8 Å². The average molecular weight is 203 g/mol. The summed E-state index contributed by atoms with van der Waals surface area (Å²) < 4.78 is 1.13. The maximum atomic E-state index is 9.64. The molecule has 0 aliphatic carbocycles. The van der Waals surface area contributed by atoms with Gasteiger partial charge in [-0.05, 0) is 35.4 Å². The van der Waals surface area contributed by atoms with Crippen molar-refractivity contribution in [3.63, 3.8) is 0 Å². The summed E-state index contributed by atoms with van der Waals surface area (Å²) in [6, 6.07) is 5.68. The summed E-state index contributed by atoms with van der Waals surface area (Å²) in [6.45, 7) is 2.02. The van der Waals surface area contributed by atoms with Gasteiger partial charge in [0.25, 0.3) is 0 Å². The highest BCUT2D eigenvalue weighted by Gasteiger charge is 2.06. The molecule has 2 nitrogen and oxygen atoms in total. The predicted octanol–water partition coefficient (Wildman–Crippen LogP) is 2.98. The number of aryl methyl sites for hydroxylation is 1. The lowest BCUT2D eigenvalue weighted by molar-refractivity contribution is 0.471. The third-order valence-electron chi connectivity index (χ3n) is 2.24. The van der Waals surface area contributed by atoms with Gasteiger partial charge >= 0.3 is 0 Å². The molecule has 3 heteroatoms. The number of hydrogen-bond donors (Lipinski definition) is 1. The number of rotatable bonds is 1. The van der Waals surface area contributed by atoms with Crippen molar-refractivity contribution in [2.24, 2.45) is 0 Å². The zero-order valence-corrected chi connectivity index (χ0v) is 8.56. The molecule has 0 amide bonds. The molecule has 0 aliphatic heterocycles. The maximum absolute atomic E-state index is 9.64. The van der Waals surface area contributed by atoms with Crippen LogP contribution in [0.1, 0.15) is 11.1 Å². The van der Waals surface area contributed by atoms with E-state index in [0.717, 1.165) is 10.1 Å². The van der Waals surface area contributed by atoms with Crippen molar-refractivity contribution in [2.45, 2.75) is 13.3 Å². The number of phenolic OH excluding ortho intramolecular Hbond substituents is 1. The number of nitriles is 1. The van der Waals surface area contributed by atoms with Gasteiger partial charge in [-0.25, -0.2) is 0 Å². The largest absolute Gasteiger partial charge is 0.508 e. The lowest BCUT2D eigenvalue weighted by atomic mass is 10.1. The number of nitrogens with zero attached hydrogens (tertiary/aromatic N) is 1. The number of aromatic hydroxyl groups is 1. The van der Waals surface area contributed by atoms with Crippen molar-refractivity contribution in [2.75, 3.05) is 0 Å². The van der Waals surface area contributed by atoms with Crippen LogP contribution < -0.4 is 0 Å². The van der Waals surface area contributed by atoms with Gasteiger partial charge in [-0.15, -0.1) is 11.3 Å². The molecule has 0 radical (unpaired) electrons. The molecule has 2 aromatic rings. The van der Waals surface area contributed by atoms with Crippen LogP contribution in [0.15, 0.2) is 17.5 Å². The first kappa shape index (κ1) is 9.04. The fraction of sp³-hybridized carbons (Fsp3) is 0.182. The number of phenols is 1. The first-order valence-corrected chi connectivity index (χ1v) is 5.17. The van der Waals surface area contributed by atoms with Crippen LogP contribution in [0.4, 0.5) is 0 Å². The maximum Gasteiger partial charge on any atom is 0.120 e. The second-order valence-electron chi connectivity index (χ2n) is 3.23. The molecular weight excluding hydrogens is 194 g/mol. The summed E-state index contributed by atoms with van der Waals surface area (Å²) >= 11 is 1.64. The molecule has 0 spiro atoms.